The van der Waals surface area contributed by atoms with Crippen molar-refractivity contribution in [2.24, 2.45) is 0 Å². The summed E-state index contributed by atoms with van der Waals surface area (Å²) in [5.41, 5.74) is 5.34. The predicted molar refractivity (Wildman–Crippen MR) is 105 cm³/mol. The van der Waals surface area contributed by atoms with Crippen molar-refractivity contribution in [1.29, 1.82) is 0 Å². The minimum absolute atomic E-state index is 0.530. The average Bonchev–Trinajstić information content (AvgIpc) is 3.18. The topological polar surface area (TPSA) is 48.2 Å². The quantitative estimate of drug-likeness (QED) is 0.467. The summed E-state index contributed by atoms with van der Waals surface area (Å²) < 4.78 is 11.3. The van der Waals surface area contributed by atoms with Gasteiger partial charge in [0.2, 0.25) is 5.82 Å². The zero-order chi connectivity index (χ0) is 18.6. The summed E-state index contributed by atoms with van der Waals surface area (Å²) in [6.45, 7) is 4.64. The summed E-state index contributed by atoms with van der Waals surface area (Å²) in [5.74, 6) is 1.91. The molecule has 0 bridgehead atoms. The van der Waals surface area contributed by atoms with E-state index in [1.165, 1.54) is 5.56 Å². The van der Waals surface area contributed by atoms with E-state index in [1.54, 1.807) is 0 Å². The van der Waals surface area contributed by atoms with E-state index in [4.69, 9.17) is 9.26 Å². The zero-order valence-electron chi connectivity index (χ0n) is 15.3. The van der Waals surface area contributed by atoms with Crippen LogP contribution >= 0.6 is 0 Å². The van der Waals surface area contributed by atoms with Gasteiger partial charge in [0.15, 0.2) is 0 Å². The molecule has 0 unspecified atom stereocenters. The van der Waals surface area contributed by atoms with Gasteiger partial charge in [-0.3, -0.25) is 0 Å². The van der Waals surface area contributed by atoms with E-state index in [0.29, 0.717) is 18.3 Å². The fourth-order valence-corrected chi connectivity index (χ4v) is 2.81. The highest BCUT2D eigenvalue weighted by molar-refractivity contribution is 5.62. The summed E-state index contributed by atoms with van der Waals surface area (Å²) in [4.78, 5) is 4.52. The smallest absolute Gasteiger partial charge is 0.258 e. The second kappa shape index (κ2) is 7.46. The SMILES string of the molecule is Cc1ccc(COc2ccc(-c3noc(-c4ccccc4C)n3)cc2)cc1. The van der Waals surface area contributed by atoms with Crippen LogP contribution in [0.15, 0.2) is 77.3 Å². The van der Waals surface area contributed by atoms with E-state index in [0.717, 1.165) is 28.0 Å². The number of rotatable bonds is 5. The van der Waals surface area contributed by atoms with Crippen LogP contribution in [0.3, 0.4) is 0 Å². The molecule has 134 valence electrons. The van der Waals surface area contributed by atoms with Crippen molar-refractivity contribution < 1.29 is 9.26 Å². The zero-order valence-corrected chi connectivity index (χ0v) is 15.3. The molecule has 4 nitrogen and oxygen atoms in total. The van der Waals surface area contributed by atoms with Crippen LogP contribution < -0.4 is 4.74 Å². The van der Waals surface area contributed by atoms with Crippen LogP contribution in [0, 0.1) is 13.8 Å². The molecule has 0 aliphatic carbocycles. The molecule has 4 aromatic rings. The third-order valence-corrected chi connectivity index (χ3v) is 4.44. The summed E-state index contributed by atoms with van der Waals surface area (Å²) in [7, 11) is 0. The molecule has 4 heteroatoms. The maximum atomic E-state index is 5.85. The van der Waals surface area contributed by atoms with Gasteiger partial charge < -0.3 is 9.26 Å². The maximum Gasteiger partial charge on any atom is 0.258 e. The second-order valence-corrected chi connectivity index (χ2v) is 6.54. The molecule has 0 N–H and O–H groups in total. The third kappa shape index (κ3) is 3.90. The molecule has 4 rings (SSSR count). The Morgan fingerprint density at radius 3 is 2.33 bits per heavy atom. The Balaban J connectivity index is 1.46. The normalized spacial score (nSPS) is 10.7. The minimum Gasteiger partial charge on any atom is -0.489 e. The maximum absolute atomic E-state index is 5.85. The molecule has 1 heterocycles. The highest BCUT2D eigenvalue weighted by Crippen LogP contribution is 2.26. The van der Waals surface area contributed by atoms with Crippen molar-refractivity contribution in [2.45, 2.75) is 20.5 Å². The van der Waals surface area contributed by atoms with Gasteiger partial charge in [-0.05, 0) is 55.3 Å². The van der Waals surface area contributed by atoms with Crippen molar-refractivity contribution in [3.8, 4) is 28.6 Å². The van der Waals surface area contributed by atoms with Gasteiger partial charge in [-0.15, -0.1) is 0 Å². The van der Waals surface area contributed by atoms with E-state index in [1.807, 2.05) is 55.5 Å². The largest absolute Gasteiger partial charge is 0.489 e. The van der Waals surface area contributed by atoms with E-state index in [2.05, 4.69) is 41.3 Å². The Labute approximate surface area is 158 Å². The Morgan fingerprint density at radius 2 is 1.59 bits per heavy atom. The molecule has 0 fully saturated rings. The number of aryl methyl sites for hydroxylation is 2. The first kappa shape index (κ1) is 17.0. The summed E-state index contributed by atoms with van der Waals surface area (Å²) >= 11 is 0. The van der Waals surface area contributed by atoms with Crippen LogP contribution in [0.1, 0.15) is 16.7 Å². The van der Waals surface area contributed by atoms with Crippen LogP contribution in [-0.2, 0) is 6.61 Å². The fourth-order valence-electron chi connectivity index (χ4n) is 2.81. The number of ether oxygens (including phenoxy) is 1. The summed E-state index contributed by atoms with van der Waals surface area (Å²) in [5, 5.41) is 4.11. The summed E-state index contributed by atoms with van der Waals surface area (Å²) in [6.07, 6.45) is 0. The molecule has 0 aliphatic rings. The van der Waals surface area contributed by atoms with Crippen LogP contribution in [0.2, 0.25) is 0 Å². The van der Waals surface area contributed by atoms with Crippen LogP contribution in [0.5, 0.6) is 5.75 Å². The van der Waals surface area contributed by atoms with Crippen LogP contribution in [0.4, 0.5) is 0 Å². The third-order valence-electron chi connectivity index (χ3n) is 4.44. The van der Waals surface area contributed by atoms with Crippen LogP contribution in [-0.4, -0.2) is 10.1 Å². The molecule has 0 spiro atoms. The first-order valence-corrected chi connectivity index (χ1v) is 8.87. The van der Waals surface area contributed by atoms with Gasteiger partial charge in [-0.2, -0.15) is 4.98 Å². The fraction of sp³-hybridized carbons (Fsp3) is 0.130. The molecular formula is C23H20N2O2. The van der Waals surface area contributed by atoms with Crippen molar-refractivity contribution in [3.05, 3.63) is 89.5 Å². The molecule has 0 atom stereocenters. The molecule has 0 radical (unpaired) electrons. The lowest BCUT2D eigenvalue weighted by atomic mass is 10.1. The van der Waals surface area contributed by atoms with Gasteiger partial charge in [-0.25, -0.2) is 0 Å². The Morgan fingerprint density at radius 1 is 0.852 bits per heavy atom. The first-order valence-electron chi connectivity index (χ1n) is 8.87. The lowest BCUT2D eigenvalue weighted by Gasteiger charge is -2.07. The molecular weight excluding hydrogens is 336 g/mol. The predicted octanol–water partition coefficient (Wildman–Crippen LogP) is 5.60. The van der Waals surface area contributed by atoms with E-state index in [9.17, 15) is 0 Å². The molecule has 1 aromatic heterocycles. The number of aromatic nitrogens is 2. The Hall–Kier alpha value is -3.40. The number of hydrogen-bond acceptors (Lipinski definition) is 4. The van der Waals surface area contributed by atoms with Crippen molar-refractivity contribution in [1.82, 2.24) is 10.1 Å². The Bertz CT molecular complexity index is 1030. The van der Waals surface area contributed by atoms with Gasteiger partial charge in [0, 0.05) is 11.1 Å². The molecule has 0 saturated heterocycles. The van der Waals surface area contributed by atoms with E-state index < -0.39 is 0 Å². The lowest BCUT2D eigenvalue weighted by Crippen LogP contribution is -1.95. The number of benzene rings is 3. The molecule has 0 aliphatic heterocycles. The minimum atomic E-state index is 0.530. The summed E-state index contributed by atoms with van der Waals surface area (Å²) in [6, 6.07) is 24.0. The molecule has 0 saturated carbocycles. The van der Waals surface area contributed by atoms with E-state index in [-0.39, 0.29) is 0 Å². The first-order chi connectivity index (χ1) is 13.2. The van der Waals surface area contributed by atoms with Crippen molar-refractivity contribution in [2.75, 3.05) is 0 Å². The highest BCUT2D eigenvalue weighted by atomic mass is 16.5. The molecule has 0 amide bonds. The van der Waals surface area contributed by atoms with Gasteiger partial charge in [0.05, 0.1) is 0 Å². The highest BCUT2D eigenvalue weighted by Gasteiger charge is 2.12. The molecule has 3 aromatic carbocycles. The Kier molecular flexibility index (Phi) is 4.71. The standard InChI is InChI=1S/C23H20N2O2/c1-16-7-9-18(10-8-16)15-26-20-13-11-19(12-14-20)22-24-23(27-25-22)21-6-4-3-5-17(21)2/h3-14H,15H2,1-2H3. The average molecular weight is 356 g/mol. The van der Waals surface area contributed by atoms with Crippen molar-refractivity contribution >= 4 is 0 Å². The lowest BCUT2D eigenvalue weighted by molar-refractivity contribution is 0.306. The number of nitrogens with zero attached hydrogens (tertiary/aromatic N) is 2. The van der Waals surface area contributed by atoms with E-state index >= 15 is 0 Å². The van der Waals surface area contributed by atoms with Gasteiger partial charge in [-0.1, -0.05) is 53.2 Å². The second-order valence-electron chi connectivity index (χ2n) is 6.54. The monoisotopic (exact) mass is 356 g/mol. The van der Waals surface area contributed by atoms with Gasteiger partial charge >= 0.3 is 0 Å². The van der Waals surface area contributed by atoms with Gasteiger partial charge in [0.25, 0.3) is 5.89 Å². The van der Waals surface area contributed by atoms with Crippen LogP contribution in [0.25, 0.3) is 22.8 Å². The number of hydrogen-bond donors (Lipinski definition) is 0. The van der Waals surface area contributed by atoms with Crippen molar-refractivity contribution in [3.63, 3.8) is 0 Å². The van der Waals surface area contributed by atoms with Gasteiger partial charge in [0.1, 0.15) is 12.4 Å². The molecule has 27 heavy (non-hydrogen) atoms.